The number of amides is 1. The van der Waals surface area contributed by atoms with Gasteiger partial charge in [0.15, 0.2) is 11.5 Å². The Morgan fingerprint density at radius 2 is 2.08 bits per heavy atom. The van der Waals surface area contributed by atoms with Gasteiger partial charge in [-0.2, -0.15) is 10.1 Å². The summed E-state index contributed by atoms with van der Waals surface area (Å²) in [5.74, 6) is 1.20. The van der Waals surface area contributed by atoms with Gasteiger partial charge in [0, 0.05) is 11.4 Å². The molecule has 3 heterocycles. The van der Waals surface area contributed by atoms with Crippen LogP contribution in [0.15, 0.2) is 29.4 Å². The van der Waals surface area contributed by atoms with Gasteiger partial charge in [0.25, 0.3) is 5.78 Å². The van der Waals surface area contributed by atoms with E-state index in [0.29, 0.717) is 17.3 Å². The Morgan fingerprint density at radius 3 is 2.96 bits per heavy atom. The second-order valence-electron chi connectivity index (χ2n) is 5.50. The van der Waals surface area contributed by atoms with Gasteiger partial charge in [-0.15, -0.1) is 5.10 Å². The SMILES string of the molecule is Cc1cc(C)n2nc(C(=O)N/N=C/c3ccc4c(c3)OCO4)nc2n1. The standard InChI is InChI=1S/C16H14N6O3/c1-9-5-10(2)22-16(18-9)19-14(21-22)15(23)20-17-7-11-3-4-12-13(6-11)25-8-24-12/h3-7H,8H2,1-2H3,(H,20,23)/b17-7+. The fraction of sp³-hybridized carbons (Fsp3) is 0.188. The van der Waals surface area contributed by atoms with E-state index in [1.54, 1.807) is 12.1 Å². The van der Waals surface area contributed by atoms with Crippen molar-refractivity contribution in [1.29, 1.82) is 0 Å². The minimum absolute atomic E-state index is 0.00374. The van der Waals surface area contributed by atoms with Crippen LogP contribution in [0.4, 0.5) is 0 Å². The lowest BCUT2D eigenvalue weighted by Gasteiger charge is -1.98. The molecule has 0 saturated carbocycles. The van der Waals surface area contributed by atoms with Crippen LogP contribution in [0.5, 0.6) is 11.5 Å². The molecule has 4 rings (SSSR count). The first-order chi connectivity index (χ1) is 12.1. The highest BCUT2D eigenvalue weighted by Crippen LogP contribution is 2.31. The highest BCUT2D eigenvalue weighted by molar-refractivity contribution is 5.91. The Kier molecular flexibility index (Phi) is 3.53. The van der Waals surface area contributed by atoms with Gasteiger partial charge in [-0.3, -0.25) is 4.79 Å². The van der Waals surface area contributed by atoms with Crippen LogP contribution in [0.25, 0.3) is 5.78 Å². The third-order valence-corrected chi connectivity index (χ3v) is 3.60. The van der Waals surface area contributed by atoms with Crippen molar-refractivity contribution in [2.75, 3.05) is 6.79 Å². The molecule has 1 aromatic carbocycles. The summed E-state index contributed by atoms with van der Waals surface area (Å²) >= 11 is 0. The Balaban J connectivity index is 1.49. The summed E-state index contributed by atoms with van der Waals surface area (Å²) in [4.78, 5) is 20.5. The minimum atomic E-state index is -0.514. The Hall–Kier alpha value is -3.49. The average molecular weight is 338 g/mol. The summed E-state index contributed by atoms with van der Waals surface area (Å²) < 4.78 is 12.0. The third-order valence-electron chi connectivity index (χ3n) is 3.60. The molecule has 0 saturated heterocycles. The lowest BCUT2D eigenvalue weighted by atomic mass is 10.2. The van der Waals surface area contributed by atoms with Crippen LogP contribution in [0, 0.1) is 13.8 Å². The van der Waals surface area contributed by atoms with Crippen molar-refractivity contribution in [3.8, 4) is 11.5 Å². The molecule has 2 aromatic heterocycles. The smallest absolute Gasteiger partial charge is 0.311 e. The summed E-state index contributed by atoms with van der Waals surface area (Å²) in [5, 5.41) is 8.07. The van der Waals surface area contributed by atoms with E-state index in [1.807, 2.05) is 26.0 Å². The number of rotatable bonds is 3. The summed E-state index contributed by atoms with van der Waals surface area (Å²) in [7, 11) is 0. The molecule has 3 aromatic rings. The summed E-state index contributed by atoms with van der Waals surface area (Å²) in [6, 6.07) is 7.23. The minimum Gasteiger partial charge on any atom is -0.454 e. The number of benzene rings is 1. The summed E-state index contributed by atoms with van der Waals surface area (Å²) in [6.45, 7) is 3.94. The molecule has 25 heavy (non-hydrogen) atoms. The monoisotopic (exact) mass is 338 g/mol. The van der Waals surface area contributed by atoms with Gasteiger partial charge in [-0.05, 0) is 43.7 Å². The number of carbonyl (C=O) groups is 1. The van der Waals surface area contributed by atoms with E-state index in [4.69, 9.17) is 9.47 Å². The number of hydrazone groups is 1. The van der Waals surface area contributed by atoms with Crippen LogP contribution in [-0.4, -0.2) is 38.5 Å². The molecule has 9 heteroatoms. The molecule has 126 valence electrons. The number of aryl methyl sites for hydroxylation is 2. The predicted octanol–water partition coefficient (Wildman–Crippen LogP) is 1.23. The molecular formula is C16H14N6O3. The van der Waals surface area contributed by atoms with Gasteiger partial charge in [0.05, 0.1) is 6.21 Å². The number of ether oxygens (including phenoxy) is 2. The number of hydrogen-bond donors (Lipinski definition) is 1. The number of carbonyl (C=O) groups excluding carboxylic acids is 1. The lowest BCUT2D eigenvalue weighted by molar-refractivity contribution is 0.0945. The van der Waals surface area contributed by atoms with Gasteiger partial charge < -0.3 is 9.47 Å². The van der Waals surface area contributed by atoms with Crippen LogP contribution < -0.4 is 14.9 Å². The van der Waals surface area contributed by atoms with Crippen LogP contribution in [0.2, 0.25) is 0 Å². The molecule has 1 aliphatic rings. The van der Waals surface area contributed by atoms with Crippen molar-refractivity contribution in [3.63, 3.8) is 0 Å². The van der Waals surface area contributed by atoms with Crippen molar-refractivity contribution < 1.29 is 14.3 Å². The van der Waals surface area contributed by atoms with Crippen molar-refractivity contribution >= 4 is 17.9 Å². The molecule has 0 radical (unpaired) electrons. The van der Waals surface area contributed by atoms with Gasteiger partial charge in [-0.25, -0.2) is 14.9 Å². The maximum Gasteiger partial charge on any atom is 0.311 e. The molecular weight excluding hydrogens is 324 g/mol. The summed E-state index contributed by atoms with van der Waals surface area (Å²) in [6.07, 6.45) is 1.50. The lowest BCUT2D eigenvalue weighted by Crippen LogP contribution is -2.19. The van der Waals surface area contributed by atoms with Crippen molar-refractivity contribution in [1.82, 2.24) is 25.0 Å². The van der Waals surface area contributed by atoms with Crippen molar-refractivity contribution in [2.45, 2.75) is 13.8 Å². The second kappa shape index (κ2) is 5.86. The molecule has 1 N–H and O–H groups in total. The average Bonchev–Trinajstić information content (AvgIpc) is 3.20. The van der Waals surface area contributed by atoms with Crippen molar-refractivity contribution in [3.05, 3.63) is 47.0 Å². The van der Waals surface area contributed by atoms with Gasteiger partial charge >= 0.3 is 5.91 Å². The first kappa shape index (κ1) is 15.1. The molecule has 1 aliphatic heterocycles. The molecule has 0 fully saturated rings. The zero-order valence-electron chi connectivity index (χ0n) is 13.6. The highest BCUT2D eigenvalue weighted by Gasteiger charge is 2.15. The van der Waals surface area contributed by atoms with Crippen LogP contribution in [-0.2, 0) is 0 Å². The molecule has 0 spiro atoms. The van der Waals surface area contributed by atoms with Gasteiger partial charge in [-0.1, -0.05) is 0 Å². The van der Waals surface area contributed by atoms with E-state index in [0.717, 1.165) is 17.0 Å². The fourth-order valence-electron chi connectivity index (χ4n) is 2.47. The molecule has 1 amide bonds. The van der Waals surface area contributed by atoms with E-state index in [2.05, 4.69) is 25.6 Å². The molecule has 0 unspecified atom stereocenters. The highest BCUT2D eigenvalue weighted by atomic mass is 16.7. The Morgan fingerprint density at radius 1 is 1.24 bits per heavy atom. The third kappa shape index (κ3) is 2.87. The van der Waals surface area contributed by atoms with E-state index in [-0.39, 0.29) is 12.6 Å². The predicted molar refractivity (Wildman–Crippen MR) is 87.9 cm³/mol. The van der Waals surface area contributed by atoms with Crippen LogP contribution in [0.1, 0.15) is 27.6 Å². The molecule has 0 atom stereocenters. The maximum absolute atomic E-state index is 12.2. The van der Waals surface area contributed by atoms with Gasteiger partial charge in [0.1, 0.15) is 0 Å². The number of fused-ring (bicyclic) bond motifs is 2. The first-order valence-electron chi connectivity index (χ1n) is 7.54. The van der Waals surface area contributed by atoms with E-state index >= 15 is 0 Å². The number of aromatic nitrogens is 4. The number of nitrogens with one attached hydrogen (secondary N) is 1. The summed E-state index contributed by atoms with van der Waals surface area (Å²) in [5.41, 5.74) is 4.82. The maximum atomic E-state index is 12.2. The Bertz CT molecular complexity index is 1010. The van der Waals surface area contributed by atoms with Crippen molar-refractivity contribution in [2.24, 2.45) is 5.10 Å². The van der Waals surface area contributed by atoms with E-state index in [1.165, 1.54) is 10.7 Å². The quantitative estimate of drug-likeness (QED) is 0.569. The zero-order chi connectivity index (χ0) is 17.4. The Labute approximate surface area is 142 Å². The topological polar surface area (TPSA) is 103 Å². The van der Waals surface area contributed by atoms with Gasteiger partial charge in [0.2, 0.25) is 12.6 Å². The number of nitrogens with zero attached hydrogens (tertiary/aromatic N) is 5. The zero-order valence-corrected chi connectivity index (χ0v) is 13.6. The second-order valence-corrected chi connectivity index (χ2v) is 5.50. The molecule has 0 aliphatic carbocycles. The van der Waals surface area contributed by atoms with Crippen LogP contribution in [0.3, 0.4) is 0 Å². The molecule has 9 nitrogen and oxygen atoms in total. The van der Waals surface area contributed by atoms with E-state index in [9.17, 15) is 4.79 Å². The first-order valence-corrected chi connectivity index (χ1v) is 7.54. The van der Waals surface area contributed by atoms with E-state index < -0.39 is 5.91 Å². The fourth-order valence-corrected chi connectivity index (χ4v) is 2.47. The molecule has 0 bridgehead atoms. The largest absolute Gasteiger partial charge is 0.454 e. The number of hydrogen-bond acceptors (Lipinski definition) is 7. The normalized spacial score (nSPS) is 12.9. The van der Waals surface area contributed by atoms with Crippen LogP contribution >= 0.6 is 0 Å².